The van der Waals surface area contributed by atoms with Crippen molar-refractivity contribution in [3.8, 4) is 0 Å². The van der Waals surface area contributed by atoms with E-state index in [1.165, 1.54) is 11.3 Å². The Bertz CT molecular complexity index is 672. The highest BCUT2D eigenvalue weighted by Crippen LogP contribution is 2.40. The first kappa shape index (κ1) is 11.9. The van der Waals surface area contributed by atoms with Crippen LogP contribution in [0.3, 0.4) is 0 Å². The lowest BCUT2D eigenvalue weighted by Gasteiger charge is -2.27. The van der Waals surface area contributed by atoms with Gasteiger partial charge in [-0.3, -0.25) is 4.79 Å². The molecule has 0 atom stereocenters. The van der Waals surface area contributed by atoms with Gasteiger partial charge in [0.1, 0.15) is 6.33 Å². The van der Waals surface area contributed by atoms with Crippen LogP contribution in [0.25, 0.3) is 0 Å². The molecule has 2 N–H and O–H groups in total. The second-order valence-corrected chi connectivity index (χ2v) is 6.40. The van der Waals surface area contributed by atoms with Gasteiger partial charge in [-0.1, -0.05) is 0 Å². The number of ketones is 1. The molecule has 6 nitrogen and oxygen atoms in total. The quantitative estimate of drug-likeness (QED) is 0.867. The fraction of sp³-hybridized carbons (Fsp3) is 0.462. The summed E-state index contributed by atoms with van der Waals surface area (Å²) < 4.78 is 2.06. The Kier molecular flexibility index (Phi) is 2.56. The zero-order chi connectivity index (χ0) is 13.7. The van der Waals surface area contributed by atoms with Gasteiger partial charge in [0.25, 0.3) is 0 Å². The smallest absolute Gasteiger partial charge is 0.178 e. The summed E-state index contributed by atoms with van der Waals surface area (Å²) in [5, 5.41) is 9.09. The van der Waals surface area contributed by atoms with Crippen molar-refractivity contribution in [3.05, 3.63) is 23.1 Å². The van der Waals surface area contributed by atoms with Crippen molar-refractivity contribution < 1.29 is 4.79 Å². The van der Waals surface area contributed by atoms with E-state index in [2.05, 4.69) is 19.7 Å². The van der Waals surface area contributed by atoms with Crippen LogP contribution in [0.2, 0.25) is 0 Å². The molecule has 2 aliphatic rings. The van der Waals surface area contributed by atoms with Crippen molar-refractivity contribution in [2.45, 2.75) is 25.9 Å². The molecule has 0 spiro atoms. The summed E-state index contributed by atoms with van der Waals surface area (Å²) in [6.45, 7) is 2.48. The van der Waals surface area contributed by atoms with Crippen molar-refractivity contribution in [3.63, 3.8) is 0 Å². The van der Waals surface area contributed by atoms with Crippen LogP contribution in [0, 0.1) is 5.92 Å². The van der Waals surface area contributed by atoms with Gasteiger partial charge in [-0.2, -0.15) is 0 Å². The Morgan fingerprint density at radius 2 is 2.25 bits per heavy atom. The van der Waals surface area contributed by atoms with E-state index in [0.717, 1.165) is 48.2 Å². The second kappa shape index (κ2) is 4.31. The van der Waals surface area contributed by atoms with Crippen LogP contribution in [-0.4, -0.2) is 27.1 Å². The minimum absolute atomic E-state index is 0.216. The van der Waals surface area contributed by atoms with Crippen LogP contribution in [0.5, 0.6) is 0 Å². The highest BCUT2D eigenvalue weighted by atomic mass is 32.1. The average molecular weight is 289 g/mol. The fourth-order valence-electron chi connectivity index (χ4n) is 2.53. The van der Waals surface area contributed by atoms with Crippen LogP contribution < -0.4 is 10.6 Å². The summed E-state index contributed by atoms with van der Waals surface area (Å²) >= 11 is 1.51. The maximum Gasteiger partial charge on any atom is 0.178 e. The summed E-state index contributed by atoms with van der Waals surface area (Å²) in [5.41, 5.74) is 6.64. The summed E-state index contributed by atoms with van der Waals surface area (Å²) in [6, 6.07) is 1.92. The molecular formula is C13H15N5OS. The third-order valence-electron chi connectivity index (χ3n) is 3.87. The minimum atomic E-state index is 0.216. The largest absolute Gasteiger partial charge is 0.397 e. The number of nitrogen functional groups attached to an aromatic ring is 1. The van der Waals surface area contributed by atoms with Gasteiger partial charge < -0.3 is 15.2 Å². The Morgan fingerprint density at radius 1 is 1.40 bits per heavy atom. The molecule has 0 radical (unpaired) electrons. The predicted octanol–water partition coefficient (Wildman–Crippen LogP) is 1.53. The Labute approximate surface area is 120 Å². The number of carbonyl (C=O) groups is 1. The first-order valence-electron chi connectivity index (χ1n) is 6.77. The van der Waals surface area contributed by atoms with Gasteiger partial charge in [0.2, 0.25) is 0 Å². The maximum atomic E-state index is 12.2. The molecule has 0 bridgehead atoms. The van der Waals surface area contributed by atoms with E-state index in [4.69, 9.17) is 5.73 Å². The number of hydrogen-bond donors (Lipinski definition) is 1. The molecule has 104 valence electrons. The number of aromatic nitrogens is 3. The summed E-state index contributed by atoms with van der Waals surface area (Å²) in [7, 11) is 0. The normalized spacial score (nSPS) is 18.1. The average Bonchev–Trinajstić information content (AvgIpc) is 3.07. The Balaban J connectivity index is 1.60. The number of carbonyl (C=O) groups excluding carboxylic acids is 1. The number of fused-ring (bicyclic) bond motifs is 1. The summed E-state index contributed by atoms with van der Waals surface area (Å²) in [6.07, 6.45) is 3.79. The van der Waals surface area contributed by atoms with Crippen LogP contribution in [-0.2, 0) is 13.1 Å². The predicted molar refractivity (Wildman–Crippen MR) is 76.9 cm³/mol. The highest BCUT2D eigenvalue weighted by Gasteiger charge is 2.33. The maximum absolute atomic E-state index is 12.2. The molecule has 7 heteroatoms. The summed E-state index contributed by atoms with van der Waals surface area (Å²) in [5.74, 6) is 1.39. The highest BCUT2D eigenvalue weighted by molar-refractivity contribution is 7.18. The monoisotopic (exact) mass is 289 g/mol. The van der Waals surface area contributed by atoms with Crippen molar-refractivity contribution >= 4 is 27.8 Å². The van der Waals surface area contributed by atoms with Crippen LogP contribution in [0.4, 0.5) is 10.7 Å². The first-order chi connectivity index (χ1) is 9.72. The molecule has 2 aromatic rings. The fourth-order valence-corrected chi connectivity index (χ4v) is 3.65. The number of rotatable bonds is 3. The van der Waals surface area contributed by atoms with Gasteiger partial charge in [-0.15, -0.1) is 21.5 Å². The molecule has 0 amide bonds. The zero-order valence-corrected chi connectivity index (χ0v) is 11.8. The lowest BCUT2D eigenvalue weighted by molar-refractivity contribution is 0.0972. The molecule has 1 saturated carbocycles. The van der Waals surface area contributed by atoms with E-state index in [1.54, 1.807) is 6.33 Å². The van der Waals surface area contributed by atoms with E-state index in [-0.39, 0.29) is 11.7 Å². The molecule has 0 saturated heterocycles. The second-order valence-electron chi connectivity index (χ2n) is 5.37. The molecular weight excluding hydrogens is 274 g/mol. The molecule has 20 heavy (non-hydrogen) atoms. The van der Waals surface area contributed by atoms with Gasteiger partial charge in [-0.25, -0.2) is 0 Å². The van der Waals surface area contributed by atoms with Crippen LogP contribution >= 0.6 is 11.3 Å². The Hall–Kier alpha value is -1.89. The van der Waals surface area contributed by atoms with Crippen LogP contribution in [0.1, 0.15) is 28.3 Å². The first-order valence-corrected chi connectivity index (χ1v) is 7.59. The number of hydrogen-bond acceptors (Lipinski definition) is 6. The van der Waals surface area contributed by atoms with Gasteiger partial charge in [0, 0.05) is 19.0 Å². The number of nitrogens with two attached hydrogens (primary N) is 1. The third kappa shape index (κ3) is 1.89. The van der Waals surface area contributed by atoms with E-state index >= 15 is 0 Å². The number of Topliss-reactive ketones (excluding diaryl/α,β-unsaturated/α-hetero) is 1. The van der Waals surface area contributed by atoms with Gasteiger partial charge in [0.05, 0.1) is 22.1 Å². The standard InChI is InChI=1S/C13H15N5OS/c14-9-5-11(20-13(9)12(19)8-1-2-8)17-3-4-18-7-15-16-10(18)6-17/h5,7-8H,1-4,6,14H2. The molecule has 0 unspecified atom stereocenters. The topological polar surface area (TPSA) is 77.0 Å². The number of nitrogens with zero attached hydrogens (tertiary/aromatic N) is 4. The van der Waals surface area contributed by atoms with E-state index in [1.807, 2.05) is 6.07 Å². The van der Waals surface area contributed by atoms with Crippen LogP contribution in [0.15, 0.2) is 12.4 Å². The lowest BCUT2D eigenvalue weighted by Crippen LogP contribution is -2.32. The Morgan fingerprint density at radius 3 is 3.05 bits per heavy atom. The minimum Gasteiger partial charge on any atom is -0.397 e. The lowest BCUT2D eigenvalue weighted by atomic mass is 10.2. The SMILES string of the molecule is Nc1cc(N2CCn3cnnc3C2)sc1C(=O)C1CC1. The summed E-state index contributed by atoms with van der Waals surface area (Å²) in [4.78, 5) is 15.1. The molecule has 1 fully saturated rings. The van der Waals surface area contributed by atoms with Gasteiger partial charge in [-0.05, 0) is 18.9 Å². The number of anilines is 2. The molecule has 3 heterocycles. The van der Waals surface area contributed by atoms with Gasteiger partial charge in [0.15, 0.2) is 11.6 Å². The van der Waals surface area contributed by atoms with Crippen molar-refractivity contribution in [2.24, 2.45) is 5.92 Å². The molecule has 2 aromatic heterocycles. The zero-order valence-electron chi connectivity index (χ0n) is 11.0. The molecule has 0 aromatic carbocycles. The third-order valence-corrected chi connectivity index (χ3v) is 5.10. The number of thiophene rings is 1. The van der Waals surface area contributed by atoms with Crippen molar-refractivity contribution in [2.75, 3.05) is 17.2 Å². The van der Waals surface area contributed by atoms with E-state index in [0.29, 0.717) is 5.69 Å². The van der Waals surface area contributed by atoms with Crippen molar-refractivity contribution in [1.82, 2.24) is 14.8 Å². The van der Waals surface area contributed by atoms with Gasteiger partial charge >= 0.3 is 0 Å². The van der Waals surface area contributed by atoms with E-state index in [9.17, 15) is 4.79 Å². The molecule has 1 aliphatic heterocycles. The van der Waals surface area contributed by atoms with E-state index < -0.39 is 0 Å². The molecule has 4 rings (SSSR count). The van der Waals surface area contributed by atoms with Crippen molar-refractivity contribution in [1.29, 1.82) is 0 Å². The molecule has 1 aliphatic carbocycles.